The lowest BCUT2D eigenvalue weighted by atomic mass is 9.61. The molecule has 0 heterocycles. The molecule has 4 rings (SSSR count). The molecule has 1 saturated carbocycles. The van der Waals surface area contributed by atoms with Crippen LogP contribution in [0.5, 0.6) is 0 Å². The molecule has 1 aromatic rings. The van der Waals surface area contributed by atoms with E-state index in [0.29, 0.717) is 11.2 Å². The molecule has 0 N–H and O–H groups in total. The van der Waals surface area contributed by atoms with Crippen LogP contribution in [0.15, 0.2) is 29.8 Å². The third kappa shape index (κ3) is 1.86. The van der Waals surface area contributed by atoms with Crippen LogP contribution in [0, 0.1) is 5.92 Å². The molecular weight excluding hydrogens is 256 g/mol. The predicted molar refractivity (Wildman–Crippen MR) is 85.7 cm³/mol. The van der Waals surface area contributed by atoms with Crippen LogP contribution in [0.25, 0.3) is 0 Å². The summed E-state index contributed by atoms with van der Waals surface area (Å²) in [5, 5.41) is 0. The minimum absolute atomic E-state index is 0.303. The molecule has 0 saturated heterocycles. The molecule has 3 aliphatic rings. The van der Waals surface area contributed by atoms with Gasteiger partial charge in [-0.05, 0) is 55.6 Å². The molecule has 1 heteroatoms. The van der Waals surface area contributed by atoms with Gasteiger partial charge in [0, 0.05) is 17.4 Å². The van der Waals surface area contributed by atoms with Crippen molar-refractivity contribution in [1.29, 1.82) is 0 Å². The highest BCUT2D eigenvalue weighted by Gasteiger charge is 2.51. The van der Waals surface area contributed by atoms with Gasteiger partial charge in [-0.2, -0.15) is 0 Å². The van der Waals surface area contributed by atoms with E-state index in [-0.39, 0.29) is 0 Å². The van der Waals surface area contributed by atoms with Gasteiger partial charge in [0.05, 0.1) is 0 Å². The topological polar surface area (TPSA) is 17.1 Å². The number of carbonyl (C=O) groups excluding carboxylic acids is 1. The van der Waals surface area contributed by atoms with E-state index in [9.17, 15) is 4.79 Å². The first kappa shape index (κ1) is 13.3. The maximum Gasteiger partial charge on any atom is 0.163 e. The molecule has 1 nitrogen and oxygen atoms in total. The lowest BCUT2D eigenvalue weighted by Crippen LogP contribution is -2.38. The van der Waals surface area contributed by atoms with Crippen molar-refractivity contribution in [1.82, 2.24) is 0 Å². The van der Waals surface area contributed by atoms with Gasteiger partial charge in [0.2, 0.25) is 0 Å². The Morgan fingerprint density at radius 1 is 1.33 bits per heavy atom. The molecule has 2 unspecified atom stereocenters. The molecule has 2 atom stereocenters. The fraction of sp³-hybridized carbons (Fsp3) is 0.550. The molecule has 1 fully saturated rings. The summed E-state index contributed by atoms with van der Waals surface area (Å²) in [5.41, 5.74) is 5.95. The summed E-state index contributed by atoms with van der Waals surface area (Å²) >= 11 is 0. The first-order valence-electron chi connectivity index (χ1n) is 8.58. The summed E-state index contributed by atoms with van der Waals surface area (Å²) in [7, 11) is 0. The highest BCUT2D eigenvalue weighted by atomic mass is 16.1. The lowest BCUT2D eigenvalue weighted by molar-refractivity contribution is 0.0938. The Hall–Kier alpha value is -1.37. The number of unbranched alkanes of at least 4 members (excludes halogenated alkanes) is 1. The van der Waals surface area contributed by atoms with E-state index in [2.05, 4.69) is 31.2 Å². The molecule has 0 aromatic heterocycles. The Balaban J connectivity index is 1.86. The van der Waals surface area contributed by atoms with Crippen LogP contribution in [0.1, 0.15) is 73.4 Å². The van der Waals surface area contributed by atoms with Crippen LogP contribution in [-0.4, -0.2) is 5.78 Å². The second kappa shape index (κ2) is 4.83. The fourth-order valence-electron chi connectivity index (χ4n) is 5.08. The van der Waals surface area contributed by atoms with Crippen molar-refractivity contribution in [3.05, 3.63) is 46.5 Å². The number of hydrogen-bond donors (Lipinski definition) is 0. The quantitative estimate of drug-likeness (QED) is 0.713. The van der Waals surface area contributed by atoms with Gasteiger partial charge < -0.3 is 0 Å². The average molecular weight is 280 g/mol. The molecule has 21 heavy (non-hydrogen) atoms. The van der Waals surface area contributed by atoms with Gasteiger partial charge in [0.1, 0.15) is 0 Å². The lowest BCUT2D eigenvalue weighted by Gasteiger charge is -2.42. The first-order chi connectivity index (χ1) is 10.2. The van der Waals surface area contributed by atoms with Crippen LogP contribution in [0.3, 0.4) is 0 Å². The maximum atomic E-state index is 12.4. The van der Waals surface area contributed by atoms with E-state index in [1.165, 1.54) is 43.2 Å². The SMILES string of the molecule is CCCCc1cccc2c1C1(CCC2=O)CC2=CCC1C2. The monoisotopic (exact) mass is 280 g/mol. The molecule has 2 bridgehead atoms. The van der Waals surface area contributed by atoms with Gasteiger partial charge in [-0.25, -0.2) is 0 Å². The van der Waals surface area contributed by atoms with Gasteiger partial charge in [-0.3, -0.25) is 4.79 Å². The molecular formula is C20H24O. The number of hydrogen-bond acceptors (Lipinski definition) is 1. The number of carbonyl (C=O) groups is 1. The number of ketones is 1. The molecule has 0 radical (unpaired) electrons. The van der Waals surface area contributed by atoms with Crippen LogP contribution in [-0.2, 0) is 11.8 Å². The molecule has 1 spiro atoms. The zero-order valence-corrected chi connectivity index (χ0v) is 13.0. The van der Waals surface area contributed by atoms with Crippen molar-refractivity contribution in [2.45, 2.75) is 63.7 Å². The molecule has 0 aliphatic heterocycles. The Kier molecular flexibility index (Phi) is 3.06. The summed E-state index contributed by atoms with van der Waals surface area (Å²) in [6.45, 7) is 2.25. The van der Waals surface area contributed by atoms with E-state index < -0.39 is 0 Å². The molecule has 0 amide bonds. The van der Waals surface area contributed by atoms with Gasteiger partial charge in [-0.1, -0.05) is 43.2 Å². The second-order valence-corrected chi connectivity index (χ2v) is 7.20. The van der Waals surface area contributed by atoms with Crippen LogP contribution >= 0.6 is 0 Å². The summed E-state index contributed by atoms with van der Waals surface area (Å²) in [6, 6.07) is 6.48. The zero-order valence-electron chi connectivity index (χ0n) is 13.0. The normalized spacial score (nSPS) is 29.9. The summed E-state index contributed by atoms with van der Waals surface area (Å²) < 4.78 is 0. The van der Waals surface area contributed by atoms with Crippen LogP contribution in [0.2, 0.25) is 0 Å². The number of fused-ring (bicyclic) bond motifs is 5. The Bertz CT molecular complexity index is 625. The highest BCUT2D eigenvalue weighted by molar-refractivity contribution is 5.99. The zero-order chi connectivity index (χ0) is 14.4. The van der Waals surface area contributed by atoms with E-state index in [1.807, 2.05) is 0 Å². The van der Waals surface area contributed by atoms with Crippen molar-refractivity contribution in [3.8, 4) is 0 Å². The smallest absolute Gasteiger partial charge is 0.163 e. The number of allylic oxidation sites excluding steroid dienone is 2. The molecule has 3 aliphatic carbocycles. The minimum atomic E-state index is 0.303. The van der Waals surface area contributed by atoms with Gasteiger partial charge in [0.25, 0.3) is 0 Å². The summed E-state index contributed by atoms with van der Waals surface area (Å²) in [4.78, 5) is 12.4. The van der Waals surface area contributed by atoms with Gasteiger partial charge in [0.15, 0.2) is 5.78 Å². The van der Waals surface area contributed by atoms with Crippen LogP contribution < -0.4 is 0 Å². The van der Waals surface area contributed by atoms with Crippen molar-refractivity contribution in [2.75, 3.05) is 0 Å². The van der Waals surface area contributed by atoms with E-state index in [0.717, 1.165) is 30.7 Å². The Labute approximate surface area is 127 Å². The Morgan fingerprint density at radius 3 is 2.95 bits per heavy atom. The van der Waals surface area contributed by atoms with Gasteiger partial charge in [-0.15, -0.1) is 0 Å². The van der Waals surface area contributed by atoms with Gasteiger partial charge >= 0.3 is 0 Å². The van der Waals surface area contributed by atoms with Crippen molar-refractivity contribution < 1.29 is 4.79 Å². The largest absolute Gasteiger partial charge is 0.294 e. The maximum absolute atomic E-state index is 12.4. The molecule has 1 aromatic carbocycles. The summed E-state index contributed by atoms with van der Waals surface area (Å²) in [6.07, 6.45) is 11.6. The van der Waals surface area contributed by atoms with Crippen molar-refractivity contribution in [2.24, 2.45) is 5.92 Å². The highest BCUT2D eigenvalue weighted by Crippen LogP contribution is 2.59. The average Bonchev–Trinajstić information content (AvgIpc) is 3.10. The minimum Gasteiger partial charge on any atom is -0.294 e. The molecule has 110 valence electrons. The predicted octanol–water partition coefficient (Wildman–Crippen LogP) is 4.98. The standard InChI is InChI=1S/C20H24O/c1-2-3-5-15-6-4-7-17-18(21)10-11-20(19(15)17)13-14-8-9-16(20)12-14/h4,6-8,16H,2-3,5,9-13H2,1H3. The number of benzene rings is 1. The van der Waals surface area contributed by atoms with Crippen molar-refractivity contribution >= 4 is 5.78 Å². The first-order valence-corrected chi connectivity index (χ1v) is 8.58. The number of rotatable bonds is 3. The summed E-state index contributed by atoms with van der Waals surface area (Å²) in [5.74, 6) is 1.15. The fourth-order valence-corrected chi connectivity index (χ4v) is 5.08. The van der Waals surface area contributed by atoms with E-state index in [4.69, 9.17) is 0 Å². The second-order valence-electron chi connectivity index (χ2n) is 7.20. The third-order valence-electron chi connectivity index (χ3n) is 6.07. The number of aryl methyl sites for hydroxylation is 1. The van der Waals surface area contributed by atoms with E-state index >= 15 is 0 Å². The van der Waals surface area contributed by atoms with Crippen molar-refractivity contribution in [3.63, 3.8) is 0 Å². The van der Waals surface area contributed by atoms with Crippen LogP contribution in [0.4, 0.5) is 0 Å². The Morgan fingerprint density at radius 2 is 2.24 bits per heavy atom. The number of Topliss-reactive ketones (excluding diaryl/α,β-unsaturated/α-hetero) is 1. The van der Waals surface area contributed by atoms with E-state index in [1.54, 1.807) is 5.57 Å². The third-order valence-corrected chi connectivity index (χ3v) is 6.07.